The van der Waals surface area contributed by atoms with Crippen LogP contribution >= 0.6 is 0 Å². The number of carbonyl (C=O) groups is 1. The van der Waals surface area contributed by atoms with Crippen molar-refractivity contribution in [2.24, 2.45) is 7.05 Å². The highest BCUT2D eigenvalue weighted by Gasteiger charge is 2.16. The van der Waals surface area contributed by atoms with Gasteiger partial charge in [0.2, 0.25) is 0 Å². The number of nitrogens with zero attached hydrogens (tertiary/aromatic N) is 4. The van der Waals surface area contributed by atoms with E-state index >= 15 is 0 Å². The Morgan fingerprint density at radius 2 is 1.89 bits per heavy atom. The van der Waals surface area contributed by atoms with E-state index < -0.39 is 0 Å². The number of nitrogens with one attached hydrogen (secondary N) is 1. The molecule has 0 radical (unpaired) electrons. The molecule has 0 unspecified atom stereocenters. The molecule has 28 heavy (non-hydrogen) atoms. The number of aromatic nitrogens is 4. The average Bonchev–Trinajstić information content (AvgIpc) is 3.28. The molecule has 1 N–H and O–H groups in total. The van der Waals surface area contributed by atoms with Crippen molar-refractivity contribution < 1.29 is 14.3 Å². The van der Waals surface area contributed by atoms with Gasteiger partial charge >= 0.3 is 0 Å². The van der Waals surface area contributed by atoms with Gasteiger partial charge in [-0.25, -0.2) is 0 Å². The van der Waals surface area contributed by atoms with Gasteiger partial charge in [0.05, 0.1) is 19.7 Å². The van der Waals surface area contributed by atoms with E-state index in [0.29, 0.717) is 30.2 Å². The summed E-state index contributed by atoms with van der Waals surface area (Å²) in [4.78, 5) is 12.7. The Morgan fingerprint density at radius 3 is 2.68 bits per heavy atom. The Bertz CT molecular complexity index is 1160. The highest BCUT2D eigenvalue weighted by Crippen LogP contribution is 2.33. The van der Waals surface area contributed by atoms with Crippen LogP contribution in [-0.2, 0) is 13.5 Å². The minimum atomic E-state index is -0.148. The Hall–Kier alpha value is -3.55. The van der Waals surface area contributed by atoms with Crippen LogP contribution in [0.2, 0.25) is 0 Å². The third-order valence-electron chi connectivity index (χ3n) is 4.80. The first kappa shape index (κ1) is 17.8. The fourth-order valence-corrected chi connectivity index (χ4v) is 3.32. The van der Waals surface area contributed by atoms with Crippen LogP contribution in [0, 0.1) is 0 Å². The van der Waals surface area contributed by atoms with Gasteiger partial charge < -0.3 is 19.4 Å². The molecular weight excluding hydrogens is 358 g/mol. The summed E-state index contributed by atoms with van der Waals surface area (Å²) in [5.41, 5.74) is 2.25. The Labute approximate surface area is 161 Å². The average molecular weight is 379 g/mol. The van der Waals surface area contributed by atoms with Gasteiger partial charge in [-0.15, -0.1) is 10.2 Å². The largest absolute Gasteiger partial charge is 0.493 e. The molecule has 0 aliphatic heterocycles. The number of fused-ring (bicyclic) bond motifs is 2. The van der Waals surface area contributed by atoms with Crippen LogP contribution < -0.4 is 14.8 Å². The maximum atomic E-state index is 12.7. The number of carbonyl (C=O) groups excluding carboxylic acids is 1. The van der Waals surface area contributed by atoms with Crippen LogP contribution in [0.4, 0.5) is 0 Å². The normalized spacial score (nSPS) is 11.1. The molecule has 3 heterocycles. The molecule has 1 aromatic carbocycles. The van der Waals surface area contributed by atoms with Gasteiger partial charge in [-0.1, -0.05) is 6.07 Å². The van der Waals surface area contributed by atoms with Crippen molar-refractivity contribution in [2.45, 2.75) is 6.42 Å². The first-order valence-corrected chi connectivity index (χ1v) is 8.90. The molecule has 0 saturated carbocycles. The van der Waals surface area contributed by atoms with Crippen molar-refractivity contribution in [1.82, 2.24) is 24.5 Å². The van der Waals surface area contributed by atoms with Gasteiger partial charge in [-0.2, -0.15) is 0 Å². The Balaban J connectivity index is 1.51. The molecule has 3 aromatic heterocycles. The smallest absolute Gasteiger partial charge is 0.267 e. The summed E-state index contributed by atoms with van der Waals surface area (Å²) in [7, 11) is 5.04. The summed E-state index contributed by atoms with van der Waals surface area (Å²) in [6.07, 6.45) is 2.50. The first-order chi connectivity index (χ1) is 13.6. The second-order valence-corrected chi connectivity index (χ2v) is 6.41. The molecule has 8 heteroatoms. The van der Waals surface area contributed by atoms with E-state index in [2.05, 4.69) is 15.5 Å². The zero-order chi connectivity index (χ0) is 19.7. The lowest BCUT2D eigenvalue weighted by molar-refractivity contribution is 0.0946. The van der Waals surface area contributed by atoms with E-state index in [0.717, 1.165) is 22.4 Å². The van der Waals surface area contributed by atoms with Crippen molar-refractivity contribution in [3.8, 4) is 11.5 Å². The van der Waals surface area contributed by atoms with E-state index in [1.807, 2.05) is 58.6 Å². The van der Waals surface area contributed by atoms with Crippen LogP contribution in [0.15, 0.2) is 42.6 Å². The van der Waals surface area contributed by atoms with Crippen LogP contribution in [-0.4, -0.2) is 45.8 Å². The number of hydrogen-bond acceptors (Lipinski definition) is 5. The van der Waals surface area contributed by atoms with Crippen molar-refractivity contribution in [3.63, 3.8) is 0 Å². The summed E-state index contributed by atoms with van der Waals surface area (Å²) in [6.45, 7) is 0.461. The molecule has 0 spiro atoms. The molecule has 1 amide bonds. The monoisotopic (exact) mass is 379 g/mol. The number of aryl methyl sites for hydroxylation is 1. The molecule has 0 atom stereocenters. The number of methoxy groups -OCH3 is 2. The maximum Gasteiger partial charge on any atom is 0.267 e. The van der Waals surface area contributed by atoms with Gasteiger partial charge in [0.15, 0.2) is 17.1 Å². The summed E-state index contributed by atoms with van der Waals surface area (Å²) < 4.78 is 14.5. The van der Waals surface area contributed by atoms with Gasteiger partial charge in [-0.3, -0.25) is 9.20 Å². The lowest BCUT2D eigenvalue weighted by Gasteiger charge is -2.09. The van der Waals surface area contributed by atoms with Crippen LogP contribution in [0.25, 0.3) is 16.6 Å². The highest BCUT2D eigenvalue weighted by atomic mass is 16.5. The van der Waals surface area contributed by atoms with Crippen LogP contribution in [0.3, 0.4) is 0 Å². The standard InChI is InChI=1S/C20H21N5O3/c1-24-14-12-17(28-3)16(27-2)11-13(14)10-15(24)20(26)21-8-7-19-23-22-18-6-4-5-9-25(18)19/h4-6,9-12H,7-8H2,1-3H3,(H,21,26). The predicted octanol–water partition coefficient (Wildman–Crippen LogP) is 2.21. The molecule has 0 aliphatic carbocycles. The molecule has 8 nitrogen and oxygen atoms in total. The number of hydrogen-bond donors (Lipinski definition) is 1. The molecular formula is C20H21N5O3. The number of rotatable bonds is 6. The van der Waals surface area contributed by atoms with Gasteiger partial charge in [0.1, 0.15) is 11.5 Å². The molecule has 0 fully saturated rings. The summed E-state index contributed by atoms with van der Waals surface area (Å²) in [6, 6.07) is 11.3. The van der Waals surface area contributed by atoms with E-state index in [4.69, 9.17) is 9.47 Å². The van der Waals surface area contributed by atoms with E-state index in [1.165, 1.54) is 0 Å². The quantitative estimate of drug-likeness (QED) is 0.555. The zero-order valence-electron chi connectivity index (χ0n) is 16.0. The molecule has 144 valence electrons. The third-order valence-corrected chi connectivity index (χ3v) is 4.80. The maximum absolute atomic E-state index is 12.7. The first-order valence-electron chi connectivity index (χ1n) is 8.90. The zero-order valence-corrected chi connectivity index (χ0v) is 16.0. The lowest BCUT2D eigenvalue weighted by Crippen LogP contribution is -2.27. The lowest BCUT2D eigenvalue weighted by atomic mass is 10.2. The topological polar surface area (TPSA) is 82.7 Å². The number of pyridine rings is 1. The molecule has 0 saturated heterocycles. The van der Waals surface area contributed by atoms with Crippen molar-refractivity contribution in [3.05, 3.63) is 54.1 Å². The Morgan fingerprint density at radius 1 is 1.11 bits per heavy atom. The second kappa shape index (κ2) is 7.22. The van der Waals surface area contributed by atoms with Crippen LogP contribution in [0.5, 0.6) is 11.5 Å². The van der Waals surface area contributed by atoms with Crippen molar-refractivity contribution in [1.29, 1.82) is 0 Å². The minimum Gasteiger partial charge on any atom is -0.493 e. The molecule has 4 aromatic rings. The van der Waals surface area contributed by atoms with Gasteiger partial charge in [0, 0.05) is 37.7 Å². The number of ether oxygens (including phenoxy) is 2. The van der Waals surface area contributed by atoms with Crippen molar-refractivity contribution in [2.75, 3.05) is 20.8 Å². The van der Waals surface area contributed by atoms with E-state index in [9.17, 15) is 4.79 Å². The second-order valence-electron chi connectivity index (χ2n) is 6.41. The highest BCUT2D eigenvalue weighted by molar-refractivity contribution is 5.99. The summed E-state index contributed by atoms with van der Waals surface area (Å²) >= 11 is 0. The van der Waals surface area contributed by atoms with E-state index in [-0.39, 0.29) is 5.91 Å². The fraction of sp³-hybridized carbons (Fsp3) is 0.250. The predicted molar refractivity (Wildman–Crippen MR) is 105 cm³/mol. The Kier molecular flexibility index (Phi) is 4.60. The molecule has 0 bridgehead atoms. The number of amides is 1. The van der Waals surface area contributed by atoms with Gasteiger partial charge in [-0.05, 0) is 24.3 Å². The molecule has 0 aliphatic rings. The minimum absolute atomic E-state index is 0.148. The third kappa shape index (κ3) is 3.02. The fourth-order valence-electron chi connectivity index (χ4n) is 3.32. The summed E-state index contributed by atoms with van der Waals surface area (Å²) in [5, 5.41) is 12.2. The SMILES string of the molecule is COc1cc2cc(C(=O)NCCc3nnc4ccccn34)n(C)c2cc1OC. The number of benzene rings is 1. The molecule has 4 rings (SSSR count). The summed E-state index contributed by atoms with van der Waals surface area (Å²) in [5.74, 6) is 1.92. The van der Waals surface area contributed by atoms with Crippen LogP contribution in [0.1, 0.15) is 16.3 Å². The van der Waals surface area contributed by atoms with E-state index in [1.54, 1.807) is 14.2 Å². The van der Waals surface area contributed by atoms with Gasteiger partial charge in [0.25, 0.3) is 5.91 Å². The van der Waals surface area contributed by atoms with Crippen molar-refractivity contribution >= 4 is 22.5 Å².